The van der Waals surface area contributed by atoms with Crippen molar-refractivity contribution in [3.05, 3.63) is 41.3 Å². The molecule has 0 unspecified atom stereocenters. The van der Waals surface area contributed by atoms with E-state index in [0.29, 0.717) is 18.4 Å². The van der Waals surface area contributed by atoms with E-state index < -0.39 is 23.5 Å². The van der Waals surface area contributed by atoms with Crippen LogP contribution in [0.3, 0.4) is 0 Å². The summed E-state index contributed by atoms with van der Waals surface area (Å²) >= 11 is 0. The van der Waals surface area contributed by atoms with Gasteiger partial charge in [0.2, 0.25) is 0 Å². The molecule has 0 bridgehead atoms. The summed E-state index contributed by atoms with van der Waals surface area (Å²) in [4.78, 5) is 18.8. The molecule has 1 heterocycles. The standard InChI is InChI=1S/C20H19F6N3O/c21-19(22,23)13-7-12(8-14(9-13)20(24,25)26)16-10-27-17(11-30)29-18(16)28-15-5-3-1-2-4-6-15/h7-11,15H,1-6H2,(H,27,28,29). The molecule has 2 aromatic rings. The summed E-state index contributed by atoms with van der Waals surface area (Å²) in [5, 5.41) is 3.11. The summed E-state index contributed by atoms with van der Waals surface area (Å²) in [6.07, 6.45) is -2.91. The molecule has 0 saturated heterocycles. The lowest BCUT2D eigenvalue weighted by molar-refractivity contribution is -0.143. The van der Waals surface area contributed by atoms with Gasteiger partial charge < -0.3 is 5.32 Å². The molecule has 1 aromatic carbocycles. The van der Waals surface area contributed by atoms with Gasteiger partial charge in [-0.2, -0.15) is 26.3 Å². The SMILES string of the molecule is O=Cc1ncc(-c2cc(C(F)(F)F)cc(C(F)(F)F)c2)c(NC2CCCCCC2)n1. The molecule has 1 aliphatic rings. The number of rotatable bonds is 4. The number of hydrogen-bond acceptors (Lipinski definition) is 4. The topological polar surface area (TPSA) is 54.9 Å². The molecule has 3 rings (SSSR count). The highest BCUT2D eigenvalue weighted by atomic mass is 19.4. The first-order chi connectivity index (χ1) is 14.1. The predicted molar refractivity (Wildman–Crippen MR) is 98.0 cm³/mol. The lowest BCUT2D eigenvalue weighted by atomic mass is 9.99. The Kier molecular flexibility index (Phi) is 6.33. The number of aldehydes is 1. The van der Waals surface area contributed by atoms with Crippen LogP contribution in [0.25, 0.3) is 11.1 Å². The van der Waals surface area contributed by atoms with E-state index in [1.165, 1.54) is 0 Å². The van der Waals surface area contributed by atoms with Gasteiger partial charge in [-0.15, -0.1) is 0 Å². The average molecular weight is 431 g/mol. The van der Waals surface area contributed by atoms with Crippen LogP contribution in [0.1, 0.15) is 60.3 Å². The second kappa shape index (κ2) is 8.61. The Bertz CT molecular complexity index is 870. The molecule has 1 aliphatic carbocycles. The normalized spacial score (nSPS) is 16.2. The van der Waals surface area contributed by atoms with Crippen LogP contribution in [0, 0.1) is 0 Å². The minimum Gasteiger partial charge on any atom is -0.367 e. The molecule has 0 spiro atoms. The second-order valence-electron chi connectivity index (χ2n) is 7.24. The molecule has 30 heavy (non-hydrogen) atoms. The van der Waals surface area contributed by atoms with Crippen LogP contribution in [-0.2, 0) is 12.4 Å². The monoisotopic (exact) mass is 431 g/mol. The van der Waals surface area contributed by atoms with E-state index in [2.05, 4.69) is 15.3 Å². The van der Waals surface area contributed by atoms with Crippen molar-refractivity contribution in [2.24, 2.45) is 0 Å². The van der Waals surface area contributed by atoms with Gasteiger partial charge in [0.25, 0.3) is 0 Å². The number of hydrogen-bond donors (Lipinski definition) is 1. The van der Waals surface area contributed by atoms with E-state index in [0.717, 1.165) is 44.7 Å². The summed E-state index contributed by atoms with van der Waals surface area (Å²) in [5.41, 5.74) is -3.20. The first-order valence-corrected chi connectivity index (χ1v) is 9.46. The molecule has 162 valence electrons. The summed E-state index contributed by atoms with van der Waals surface area (Å²) < 4.78 is 79.4. The Hall–Kier alpha value is -2.65. The maximum atomic E-state index is 13.2. The summed E-state index contributed by atoms with van der Waals surface area (Å²) in [6, 6.07) is 1.29. The Morgan fingerprint density at radius 2 is 1.47 bits per heavy atom. The zero-order chi connectivity index (χ0) is 21.9. The minimum absolute atomic E-state index is 0.0264. The average Bonchev–Trinajstić information content (AvgIpc) is 2.95. The fourth-order valence-corrected chi connectivity index (χ4v) is 3.50. The van der Waals surface area contributed by atoms with Crippen LogP contribution in [0.4, 0.5) is 32.2 Å². The molecule has 1 fully saturated rings. The third-order valence-corrected chi connectivity index (χ3v) is 5.01. The van der Waals surface area contributed by atoms with Gasteiger partial charge in [0, 0.05) is 17.8 Å². The van der Waals surface area contributed by atoms with E-state index in [1.807, 2.05) is 0 Å². The number of benzene rings is 1. The number of carbonyl (C=O) groups excluding carboxylic acids is 1. The fourth-order valence-electron chi connectivity index (χ4n) is 3.50. The van der Waals surface area contributed by atoms with Crippen molar-refractivity contribution in [2.45, 2.75) is 56.9 Å². The quantitative estimate of drug-likeness (QED) is 0.360. The number of alkyl halides is 6. The summed E-state index contributed by atoms with van der Waals surface area (Å²) in [6.45, 7) is 0. The second-order valence-corrected chi connectivity index (χ2v) is 7.24. The molecule has 4 nitrogen and oxygen atoms in total. The molecule has 0 atom stereocenters. The van der Waals surface area contributed by atoms with Gasteiger partial charge in [0.1, 0.15) is 5.82 Å². The molecule has 1 aromatic heterocycles. The van der Waals surface area contributed by atoms with Crippen molar-refractivity contribution in [2.75, 3.05) is 5.32 Å². The van der Waals surface area contributed by atoms with Crippen molar-refractivity contribution >= 4 is 12.1 Å². The zero-order valence-electron chi connectivity index (χ0n) is 15.8. The van der Waals surface area contributed by atoms with Crippen LogP contribution in [0.5, 0.6) is 0 Å². The van der Waals surface area contributed by atoms with Crippen LogP contribution < -0.4 is 5.32 Å². The molecule has 0 amide bonds. The van der Waals surface area contributed by atoms with Crippen LogP contribution in [0.2, 0.25) is 0 Å². The van der Waals surface area contributed by atoms with Gasteiger partial charge in [0.05, 0.1) is 11.1 Å². The first-order valence-electron chi connectivity index (χ1n) is 9.46. The molecule has 0 aliphatic heterocycles. The Morgan fingerprint density at radius 3 is 1.97 bits per heavy atom. The third-order valence-electron chi connectivity index (χ3n) is 5.01. The van der Waals surface area contributed by atoms with Crippen molar-refractivity contribution < 1.29 is 31.1 Å². The Morgan fingerprint density at radius 1 is 0.900 bits per heavy atom. The number of carbonyl (C=O) groups is 1. The van der Waals surface area contributed by atoms with Gasteiger partial charge in [-0.3, -0.25) is 4.79 Å². The van der Waals surface area contributed by atoms with E-state index in [4.69, 9.17) is 0 Å². The number of aromatic nitrogens is 2. The summed E-state index contributed by atoms with van der Waals surface area (Å²) in [7, 11) is 0. The Balaban J connectivity index is 2.10. The highest BCUT2D eigenvalue weighted by Crippen LogP contribution is 2.40. The lowest BCUT2D eigenvalue weighted by Gasteiger charge is -2.20. The maximum absolute atomic E-state index is 13.2. The molecular weight excluding hydrogens is 412 g/mol. The highest BCUT2D eigenvalue weighted by Gasteiger charge is 2.37. The lowest BCUT2D eigenvalue weighted by Crippen LogP contribution is -2.20. The fraction of sp³-hybridized carbons (Fsp3) is 0.450. The van der Waals surface area contributed by atoms with Crippen molar-refractivity contribution in [1.82, 2.24) is 9.97 Å². The Labute approximate surface area is 168 Å². The number of nitrogens with zero attached hydrogens (tertiary/aromatic N) is 2. The molecule has 1 N–H and O–H groups in total. The number of anilines is 1. The molecule has 1 saturated carbocycles. The number of nitrogens with one attached hydrogen (secondary N) is 1. The summed E-state index contributed by atoms with van der Waals surface area (Å²) in [5.74, 6) is -0.163. The van der Waals surface area contributed by atoms with Crippen molar-refractivity contribution in [1.29, 1.82) is 0 Å². The maximum Gasteiger partial charge on any atom is 0.416 e. The highest BCUT2D eigenvalue weighted by molar-refractivity contribution is 5.78. The molecule has 0 radical (unpaired) electrons. The van der Waals surface area contributed by atoms with Crippen LogP contribution >= 0.6 is 0 Å². The van der Waals surface area contributed by atoms with Gasteiger partial charge in [-0.25, -0.2) is 9.97 Å². The predicted octanol–water partition coefficient (Wildman–Crippen LogP) is 6.13. The zero-order valence-corrected chi connectivity index (χ0v) is 15.8. The molecular formula is C20H19F6N3O. The van der Waals surface area contributed by atoms with E-state index >= 15 is 0 Å². The van der Waals surface area contributed by atoms with E-state index in [-0.39, 0.29) is 34.9 Å². The largest absolute Gasteiger partial charge is 0.416 e. The number of halogens is 6. The molecule has 10 heteroatoms. The van der Waals surface area contributed by atoms with Gasteiger partial charge in [-0.1, -0.05) is 25.7 Å². The third kappa shape index (κ3) is 5.28. The van der Waals surface area contributed by atoms with Gasteiger partial charge in [-0.05, 0) is 36.6 Å². The van der Waals surface area contributed by atoms with Crippen molar-refractivity contribution in [3.63, 3.8) is 0 Å². The van der Waals surface area contributed by atoms with E-state index in [1.54, 1.807) is 0 Å². The minimum atomic E-state index is -4.96. The smallest absolute Gasteiger partial charge is 0.367 e. The van der Waals surface area contributed by atoms with E-state index in [9.17, 15) is 31.1 Å². The van der Waals surface area contributed by atoms with Crippen LogP contribution in [-0.4, -0.2) is 22.3 Å². The van der Waals surface area contributed by atoms with Gasteiger partial charge >= 0.3 is 12.4 Å². The van der Waals surface area contributed by atoms with Crippen LogP contribution in [0.15, 0.2) is 24.4 Å². The first kappa shape index (κ1) is 22.0. The van der Waals surface area contributed by atoms with Gasteiger partial charge in [0.15, 0.2) is 12.1 Å². The van der Waals surface area contributed by atoms with Crippen molar-refractivity contribution in [3.8, 4) is 11.1 Å².